The zero-order valence-corrected chi connectivity index (χ0v) is 14.1. The average molecular weight is 353 g/mol. The van der Waals surface area contributed by atoms with Crippen LogP contribution in [0.15, 0.2) is 42.2 Å². The SMILES string of the molecule is C=CCC1CNC(=O)C(C(=S)Nc2cccc(Cl)c2OC)=C1O. The first kappa shape index (κ1) is 17.3. The number of nitrogens with one attached hydrogen (secondary N) is 2. The Morgan fingerprint density at radius 3 is 3.04 bits per heavy atom. The fraction of sp³-hybridized carbons (Fsp3) is 0.250. The number of carbonyl (C=O) groups is 1. The largest absolute Gasteiger partial charge is 0.511 e. The summed E-state index contributed by atoms with van der Waals surface area (Å²) in [6, 6.07) is 5.13. The van der Waals surface area contributed by atoms with Crippen LogP contribution in [-0.4, -0.2) is 29.7 Å². The number of rotatable bonds is 5. The molecule has 1 aromatic rings. The highest BCUT2D eigenvalue weighted by atomic mass is 35.5. The number of thiocarbonyl (C=S) groups is 1. The van der Waals surface area contributed by atoms with Gasteiger partial charge in [0, 0.05) is 12.5 Å². The van der Waals surface area contributed by atoms with E-state index >= 15 is 0 Å². The highest BCUT2D eigenvalue weighted by Crippen LogP contribution is 2.33. The first-order valence-electron chi connectivity index (χ1n) is 6.95. The molecule has 5 nitrogen and oxygen atoms in total. The zero-order valence-electron chi connectivity index (χ0n) is 12.6. The third-order valence-electron chi connectivity index (χ3n) is 3.48. The van der Waals surface area contributed by atoms with E-state index < -0.39 is 5.91 Å². The maximum Gasteiger partial charge on any atom is 0.257 e. The summed E-state index contributed by atoms with van der Waals surface area (Å²) >= 11 is 11.3. The quantitative estimate of drug-likeness (QED) is 0.560. The normalized spacial score (nSPS) is 17.5. The molecule has 7 heteroatoms. The molecule has 23 heavy (non-hydrogen) atoms. The van der Waals surface area contributed by atoms with Crippen LogP contribution in [0.5, 0.6) is 5.75 Å². The van der Waals surface area contributed by atoms with Crippen molar-refractivity contribution in [1.29, 1.82) is 0 Å². The van der Waals surface area contributed by atoms with Crippen LogP contribution in [0, 0.1) is 5.92 Å². The third-order valence-corrected chi connectivity index (χ3v) is 4.08. The lowest BCUT2D eigenvalue weighted by atomic mass is 9.95. The number of benzene rings is 1. The number of halogens is 1. The molecule has 1 aliphatic heterocycles. The minimum Gasteiger partial charge on any atom is -0.511 e. The van der Waals surface area contributed by atoms with Crippen LogP contribution in [0.4, 0.5) is 5.69 Å². The van der Waals surface area contributed by atoms with Gasteiger partial charge in [0.05, 0.1) is 17.8 Å². The molecule has 0 aromatic heterocycles. The summed E-state index contributed by atoms with van der Waals surface area (Å²) in [7, 11) is 1.49. The molecule has 3 N–H and O–H groups in total. The van der Waals surface area contributed by atoms with Crippen molar-refractivity contribution in [1.82, 2.24) is 5.32 Å². The van der Waals surface area contributed by atoms with Gasteiger partial charge in [-0.15, -0.1) is 6.58 Å². The molecule has 1 heterocycles. The third kappa shape index (κ3) is 3.65. The molecule has 0 saturated heterocycles. The molecule has 1 unspecified atom stereocenters. The van der Waals surface area contributed by atoms with Crippen LogP contribution in [0.25, 0.3) is 0 Å². The Hall–Kier alpha value is -2.05. The molecule has 1 atom stereocenters. The van der Waals surface area contributed by atoms with Crippen LogP contribution < -0.4 is 15.4 Å². The molecule has 1 amide bonds. The highest BCUT2D eigenvalue weighted by Gasteiger charge is 2.30. The van der Waals surface area contributed by atoms with Crippen molar-refractivity contribution in [2.75, 3.05) is 19.0 Å². The number of aliphatic hydroxyl groups excluding tert-OH is 1. The van der Waals surface area contributed by atoms with Crippen molar-refractivity contribution >= 4 is 40.4 Å². The van der Waals surface area contributed by atoms with Crippen LogP contribution in [-0.2, 0) is 4.79 Å². The number of allylic oxidation sites excluding steroid dienone is 1. The summed E-state index contributed by atoms with van der Waals surface area (Å²) in [5.74, 6) is -0.273. The van der Waals surface area contributed by atoms with Crippen molar-refractivity contribution in [2.45, 2.75) is 6.42 Å². The number of methoxy groups -OCH3 is 1. The van der Waals surface area contributed by atoms with Gasteiger partial charge in [-0.1, -0.05) is 36.0 Å². The summed E-state index contributed by atoms with van der Waals surface area (Å²) in [5.41, 5.74) is 0.573. The number of aliphatic hydroxyl groups is 1. The molecule has 0 radical (unpaired) electrons. The van der Waals surface area contributed by atoms with Crippen LogP contribution in [0.1, 0.15) is 6.42 Å². The Bertz CT molecular complexity index is 688. The van der Waals surface area contributed by atoms with E-state index in [1.165, 1.54) is 7.11 Å². The van der Waals surface area contributed by atoms with Gasteiger partial charge < -0.3 is 20.5 Å². The topological polar surface area (TPSA) is 70.6 Å². The monoisotopic (exact) mass is 352 g/mol. The molecule has 1 aliphatic rings. The fourth-order valence-electron chi connectivity index (χ4n) is 2.34. The molecule has 2 rings (SSSR count). The van der Waals surface area contributed by atoms with Gasteiger partial charge in [0.1, 0.15) is 16.3 Å². The van der Waals surface area contributed by atoms with Gasteiger partial charge in [0.15, 0.2) is 5.75 Å². The van der Waals surface area contributed by atoms with Gasteiger partial charge in [0.25, 0.3) is 5.91 Å². The van der Waals surface area contributed by atoms with Crippen molar-refractivity contribution in [3.05, 3.63) is 47.2 Å². The van der Waals surface area contributed by atoms with Crippen molar-refractivity contribution in [3.63, 3.8) is 0 Å². The number of amides is 1. The van der Waals surface area contributed by atoms with E-state index in [2.05, 4.69) is 17.2 Å². The lowest BCUT2D eigenvalue weighted by molar-refractivity contribution is -0.118. The predicted molar refractivity (Wildman–Crippen MR) is 95.2 cm³/mol. The number of para-hydroxylation sites is 1. The van der Waals surface area contributed by atoms with E-state index in [4.69, 9.17) is 28.6 Å². The maximum atomic E-state index is 12.1. The number of carbonyl (C=O) groups excluding carboxylic acids is 1. The van der Waals surface area contributed by atoms with E-state index in [0.717, 1.165) is 0 Å². The Labute approximate surface area is 145 Å². The Morgan fingerprint density at radius 1 is 1.65 bits per heavy atom. The summed E-state index contributed by atoms with van der Waals surface area (Å²) in [6.45, 7) is 4.00. The van der Waals surface area contributed by atoms with Gasteiger partial charge in [-0.3, -0.25) is 4.79 Å². The molecular weight excluding hydrogens is 336 g/mol. The Balaban J connectivity index is 2.32. The molecule has 0 aliphatic carbocycles. The summed E-state index contributed by atoms with van der Waals surface area (Å²) < 4.78 is 5.23. The van der Waals surface area contributed by atoms with Gasteiger partial charge in [-0.25, -0.2) is 0 Å². The molecule has 122 valence electrons. The lowest BCUT2D eigenvalue weighted by Crippen LogP contribution is -2.41. The van der Waals surface area contributed by atoms with Gasteiger partial charge in [0.2, 0.25) is 0 Å². The second-order valence-electron chi connectivity index (χ2n) is 4.97. The number of hydrogen-bond donors (Lipinski definition) is 3. The fourth-order valence-corrected chi connectivity index (χ4v) is 2.90. The molecule has 0 fully saturated rings. The minimum absolute atomic E-state index is 0.0351. The molecule has 1 aromatic carbocycles. The Morgan fingerprint density at radius 2 is 2.39 bits per heavy atom. The Kier molecular flexibility index (Phi) is 5.63. The number of hydrogen-bond acceptors (Lipinski definition) is 4. The summed E-state index contributed by atoms with van der Waals surface area (Å²) in [6.07, 6.45) is 2.23. The minimum atomic E-state index is -0.415. The van der Waals surface area contributed by atoms with Gasteiger partial charge >= 0.3 is 0 Å². The molecule has 0 spiro atoms. The van der Waals surface area contributed by atoms with Crippen LogP contribution in [0.2, 0.25) is 5.02 Å². The maximum absolute atomic E-state index is 12.1. The highest BCUT2D eigenvalue weighted by molar-refractivity contribution is 7.81. The average Bonchev–Trinajstić information content (AvgIpc) is 2.50. The number of ether oxygens (including phenoxy) is 1. The van der Waals surface area contributed by atoms with Crippen LogP contribution in [0.3, 0.4) is 0 Å². The lowest BCUT2D eigenvalue weighted by Gasteiger charge is -2.25. The first-order chi connectivity index (χ1) is 11.0. The van der Waals surface area contributed by atoms with Crippen LogP contribution >= 0.6 is 23.8 Å². The van der Waals surface area contributed by atoms with E-state index in [1.54, 1.807) is 24.3 Å². The first-order valence-corrected chi connectivity index (χ1v) is 7.74. The standard InChI is InChI=1S/C16H17ClN2O3S/c1-3-5-9-8-18-15(21)12(13(9)20)16(23)19-11-7-4-6-10(17)14(11)22-2/h3-4,6-7,9,20H,1,5,8H2,2H3,(H,18,21)(H,19,23). The second kappa shape index (κ2) is 7.48. The van der Waals surface area contributed by atoms with Crippen molar-refractivity contribution < 1.29 is 14.6 Å². The van der Waals surface area contributed by atoms with E-state index in [1.807, 2.05) is 0 Å². The number of anilines is 1. The van der Waals surface area contributed by atoms with E-state index in [9.17, 15) is 9.90 Å². The molecule has 0 saturated carbocycles. The predicted octanol–water partition coefficient (Wildman–Crippen LogP) is 3.22. The summed E-state index contributed by atoms with van der Waals surface area (Å²) in [5, 5.41) is 16.4. The molecular formula is C16H17ClN2O3S. The molecule has 0 bridgehead atoms. The van der Waals surface area contributed by atoms with Gasteiger partial charge in [-0.2, -0.15) is 0 Å². The second-order valence-corrected chi connectivity index (χ2v) is 5.78. The van der Waals surface area contributed by atoms with Crippen molar-refractivity contribution in [2.24, 2.45) is 5.92 Å². The summed E-state index contributed by atoms with van der Waals surface area (Å²) in [4.78, 5) is 12.2. The van der Waals surface area contributed by atoms with Crippen molar-refractivity contribution in [3.8, 4) is 5.75 Å². The van der Waals surface area contributed by atoms with E-state index in [-0.39, 0.29) is 22.2 Å². The zero-order chi connectivity index (χ0) is 17.0. The smallest absolute Gasteiger partial charge is 0.257 e. The van der Waals surface area contributed by atoms with E-state index in [0.29, 0.717) is 29.4 Å². The van der Waals surface area contributed by atoms with Gasteiger partial charge in [-0.05, 0) is 18.6 Å².